The van der Waals surface area contributed by atoms with Gasteiger partial charge in [0.2, 0.25) is 0 Å². The van der Waals surface area contributed by atoms with Crippen LogP contribution >= 0.6 is 36.3 Å². The number of pyridine rings is 4. The molecule has 8 rings (SSSR count). The SMILES string of the molecule is C.CS(=O)(=O)c1cc([C@H](CC#N)NC(=O)c2cncc3c2cnn3-c2ccc(F)cc2)ccn1.C[S-](=O)=O.N#CC[C@H](NC(=O)c1cncc2c1cnn2-c1ccc(F)cc1)c1ccnc(Br)c1.[Cu+][I].[Na]. The summed E-state index contributed by atoms with van der Waals surface area (Å²) in [5, 5.41) is 33.7. The summed E-state index contributed by atoms with van der Waals surface area (Å²) >= 11 is 9.17. The third kappa shape index (κ3) is 16.2. The Morgan fingerprint density at radius 3 is 1.51 bits per heavy atom. The van der Waals surface area contributed by atoms with E-state index < -0.39 is 38.5 Å². The molecule has 0 aliphatic heterocycles. The number of carbonyl (C=O) groups is 2. The largest absolute Gasteiger partial charge is 0 e. The third-order valence-corrected chi connectivity index (χ3v) is 10.9. The van der Waals surface area contributed by atoms with Gasteiger partial charge in [-0.3, -0.25) is 19.6 Å². The fourth-order valence-electron chi connectivity index (χ4n) is 6.46. The molecule has 6 aromatic heterocycles. The Morgan fingerprint density at radius 2 is 1.13 bits per heavy atom. The monoisotopic (exact) mass is 1240 g/mol. The number of hydrogen-bond acceptors (Lipinski definition) is 15. The summed E-state index contributed by atoms with van der Waals surface area (Å²) in [6.45, 7) is 0. The number of nitriles is 2. The van der Waals surface area contributed by atoms with Crippen LogP contribution in [0.2, 0.25) is 0 Å². The second-order valence-corrected chi connectivity index (χ2v) is 17.7. The summed E-state index contributed by atoms with van der Waals surface area (Å²) in [5.74, 6) is -1.61. The van der Waals surface area contributed by atoms with Gasteiger partial charge >= 0.3 is 33.1 Å². The summed E-state index contributed by atoms with van der Waals surface area (Å²) in [6, 6.07) is 20.8. The number of nitrogens with one attached hydrogen (secondary N) is 2. The van der Waals surface area contributed by atoms with Crippen molar-refractivity contribution < 1.29 is 48.0 Å². The van der Waals surface area contributed by atoms with Gasteiger partial charge in [-0.15, -0.1) is 0 Å². The minimum absolute atomic E-state index is 0. The minimum atomic E-state index is -3.56. The zero-order valence-electron chi connectivity index (χ0n) is 36.7. The number of sulfone groups is 1. The van der Waals surface area contributed by atoms with Crippen LogP contribution in [0.4, 0.5) is 8.78 Å². The first-order valence-electron chi connectivity index (χ1n) is 19.5. The van der Waals surface area contributed by atoms with Crippen LogP contribution in [0.3, 0.4) is 0 Å². The average Bonchev–Trinajstić information content (AvgIpc) is 3.98. The maximum atomic E-state index is 13.3. The molecule has 2 atom stereocenters. The van der Waals surface area contributed by atoms with E-state index in [1.807, 2.05) is 6.07 Å². The molecule has 0 fully saturated rings. The standard InChI is InChI=1S/C22H17FN6O3S.C21H14BrFN6O.CH3O2S.CH4.Cu.HI.Na/c1-33(31,32)21-10-14(7-9-26-21)19(6-8-24)28-22(30)18-11-25-13-20-17(18)12-27-29(20)16-4-2-15(23)3-5-16;22-20-9-13(6-8-26-20)18(5-7-24)28-21(30)17-10-25-12-19-16(17)11-27-29(19)15-3-1-14(23)2-4-15;1-4(2)3;;;;/h2-5,7,9-13,19H,6H2,1H3,(H,28,30);1-4,6,8-12,18H,5H2,(H,28,30);1H3;1H4;;1H;/q;;-1;;+2;;/p-1/t19-;18-;;;;;/m00...../s1. The van der Waals surface area contributed by atoms with E-state index in [1.54, 1.807) is 86.1 Å². The van der Waals surface area contributed by atoms with Crippen molar-refractivity contribution in [1.29, 1.82) is 10.5 Å². The molecular formula is C45H38BrCuF2IN12NaO6S2. The first kappa shape index (κ1) is 59.7. The van der Waals surface area contributed by atoms with E-state index in [-0.39, 0.29) is 78.0 Å². The molecule has 0 aliphatic carbocycles. The number of hydrogen-bond donors (Lipinski definition) is 2. The molecule has 0 unspecified atom stereocenters. The van der Waals surface area contributed by atoms with Crippen molar-refractivity contribution in [1.82, 2.24) is 50.1 Å². The molecule has 0 saturated heterocycles. The summed E-state index contributed by atoms with van der Waals surface area (Å²) in [7, 11) is -5.42. The number of fused-ring (bicyclic) bond motifs is 2. The molecule has 26 heteroatoms. The van der Waals surface area contributed by atoms with Crippen molar-refractivity contribution in [3.8, 4) is 23.5 Å². The maximum absolute atomic E-state index is 13.3. The Labute approximate surface area is 458 Å². The minimum Gasteiger partial charge on any atom is 0 e. The van der Waals surface area contributed by atoms with Gasteiger partial charge in [0, 0.05) is 71.4 Å². The molecule has 0 spiro atoms. The Bertz CT molecular complexity index is 3390. The van der Waals surface area contributed by atoms with Crippen LogP contribution in [-0.2, 0) is 41.7 Å². The first-order valence-corrected chi connectivity index (χ1v) is 26.7. The summed E-state index contributed by atoms with van der Waals surface area (Å²) in [6.07, 6.45) is 14.1. The van der Waals surface area contributed by atoms with E-state index in [0.29, 0.717) is 48.9 Å². The van der Waals surface area contributed by atoms with Gasteiger partial charge in [0.05, 0.1) is 95.4 Å². The van der Waals surface area contributed by atoms with Crippen molar-refractivity contribution in [2.24, 2.45) is 0 Å². The van der Waals surface area contributed by atoms with Crippen LogP contribution in [0.5, 0.6) is 0 Å². The molecule has 6 heterocycles. The fraction of sp³-hybridized carbons (Fsp3) is 0.156. The Hall–Kier alpha value is -5.61. The average molecular weight is 1240 g/mol. The zero-order chi connectivity index (χ0) is 50.3. The van der Waals surface area contributed by atoms with Gasteiger partial charge in [0.15, 0.2) is 14.9 Å². The zero-order valence-corrected chi connectivity index (χ0v) is 45.0. The van der Waals surface area contributed by atoms with Crippen LogP contribution in [0, 0.1) is 34.3 Å². The molecular weight excluding hydrogens is 1200 g/mol. The van der Waals surface area contributed by atoms with Crippen molar-refractivity contribution >= 4 is 120 Å². The van der Waals surface area contributed by atoms with Gasteiger partial charge in [0.25, 0.3) is 11.8 Å². The number of carbonyl (C=O) groups excluding carboxylic acids is 2. The van der Waals surface area contributed by atoms with Crippen molar-refractivity contribution in [3.05, 3.63) is 161 Å². The van der Waals surface area contributed by atoms with E-state index >= 15 is 0 Å². The van der Waals surface area contributed by atoms with Crippen LogP contribution in [0.15, 0.2) is 132 Å². The maximum Gasteiger partial charge on any atom is 0 e. The summed E-state index contributed by atoms with van der Waals surface area (Å²) in [5.41, 5.74) is 4.13. The Kier molecular flexibility index (Phi) is 23.9. The van der Waals surface area contributed by atoms with Crippen LogP contribution in [0.1, 0.15) is 64.2 Å². The van der Waals surface area contributed by atoms with E-state index in [4.69, 9.17) is 8.42 Å². The molecule has 2 aromatic carbocycles. The van der Waals surface area contributed by atoms with Crippen molar-refractivity contribution in [3.63, 3.8) is 0 Å². The number of halogens is 4. The Balaban J connectivity index is 0.000000331. The number of aromatic nitrogens is 8. The fourth-order valence-corrected chi connectivity index (χ4v) is 7.44. The van der Waals surface area contributed by atoms with Gasteiger partial charge in [-0.2, -0.15) is 20.7 Å². The van der Waals surface area contributed by atoms with Gasteiger partial charge in [0.1, 0.15) is 16.2 Å². The van der Waals surface area contributed by atoms with Gasteiger partial charge in [-0.05, 0) is 99.9 Å². The van der Waals surface area contributed by atoms with Gasteiger partial charge < -0.3 is 19.1 Å². The number of amides is 2. The van der Waals surface area contributed by atoms with Gasteiger partial charge in [-0.1, -0.05) is 24.4 Å². The quantitative estimate of drug-likeness (QED) is 0.0540. The normalized spacial score (nSPS) is 11.3. The molecule has 0 bridgehead atoms. The molecule has 8 aromatic rings. The van der Waals surface area contributed by atoms with Crippen molar-refractivity contribution in [2.45, 2.75) is 37.4 Å². The van der Waals surface area contributed by atoms with E-state index in [2.05, 4.69) is 75.5 Å². The predicted octanol–water partition coefficient (Wildman–Crippen LogP) is 7.91. The molecule has 0 saturated carbocycles. The van der Waals surface area contributed by atoms with Crippen LogP contribution in [0.25, 0.3) is 33.2 Å². The number of rotatable bonds is 11. The molecule has 71 heavy (non-hydrogen) atoms. The summed E-state index contributed by atoms with van der Waals surface area (Å²) < 4.78 is 71.9. The molecule has 18 nitrogen and oxygen atoms in total. The molecule has 2 amide bonds. The predicted molar refractivity (Wildman–Crippen MR) is 269 cm³/mol. The second kappa shape index (κ2) is 28.4. The van der Waals surface area contributed by atoms with Crippen LogP contribution in [-0.4, -0.2) is 102 Å². The first-order chi connectivity index (χ1) is 33.1. The third-order valence-electron chi connectivity index (χ3n) is 9.52. The molecule has 2 N–H and O–H groups in total. The van der Waals surface area contributed by atoms with Crippen molar-refractivity contribution in [2.75, 3.05) is 12.5 Å². The molecule has 1 radical (unpaired) electrons. The van der Waals surface area contributed by atoms with E-state index in [1.165, 1.54) is 66.0 Å². The topological polar surface area (TPSA) is 261 Å². The smallest absolute Gasteiger partial charge is 0 e. The van der Waals surface area contributed by atoms with E-state index in [0.717, 1.165) is 18.1 Å². The van der Waals surface area contributed by atoms with Gasteiger partial charge in [-0.25, -0.2) is 36.5 Å². The van der Waals surface area contributed by atoms with Crippen LogP contribution < -0.4 is 10.6 Å². The number of benzene rings is 2. The molecule has 366 valence electrons. The molecule has 0 aliphatic rings. The van der Waals surface area contributed by atoms with E-state index in [9.17, 15) is 37.3 Å². The summed E-state index contributed by atoms with van der Waals surface area (Å²) in [4.78, 5) is 42.3. The number of nitrogens with zero attached hydrogens (tertiary/aromatic N) is 10. The Morgan fingerprint density at radius 1 is 0.732 bits per heavy atom. The second-order valence-electron chi connectivity index (χ2n) is 14.1.